The van der Waals surface area contributed by atoms with Crippen molar-refractivity contribution in [1.29, 1.82) is 0 Å². The van der Waals surface area contributed by atoms with Crippen LogP contribution < -0.4 is 9.47 Å². The number of hydrogen-bond donors (Lipinski definition) is 0. The van der Waals surface area contributed by atoms with Gasteiger partial charge in [0.25, 0.3) is 0 Å². The molecule has 0 radical (unpaired) electrons. The SMILES string of the molecule is CCCCCCCCOc1ccc2c(n1)CCc1cc(OCCCCCC)ccc1-2. The highest BCUT2D eigenvalue weighted by atomic mass is 16.5. The number of benzene rings is 1. The Balaban J connectivity index is 1.51. The lowest BCUT2D eigenvalue weighted by atomic mass is 9.88. The number of pyridine rings is 1. The zero-order valence-electron chi connectivity index (χ0n) is 19.0. The van der Waals surface area contributed by atoms with E-state index < -0.39 is 0 Å². The molecule has 0 amide bonds. The van der Waals surface area contributed by atoms with Crippen molar-refractivity contribution in [1.82, 2.24) is 4.98 Å². The number of rotatable bonds is 14. The maximum absolute atomic E-state index is 5.98. The van der Waals surface area contributed by atoms with E-state index in [2.05, 4.69) is 38.1 Å². The van der Waals surface area contributed by atoms with Gasteiger partial charge in [-0.25, -0.2) is 4.98 Å². The van der Waals surface area contributed by atoms with Crippen LogP contribution in [0.4, 0.5) is 0 Å². The number of nitrogens with zero attached hydrogens (tertiary/aromatic N) is 1. The molecule has 0 fully saturated rings. The van der Waals surface area contributed by atoms with Crippen molar-refractivity contribution >= 4 is 0 Å². The van der Waals surface area contributed by atoms with Gasteiger partial charge in [0.1, 0.15) is 5.75 Å². The first-order valence-corrected chi connectivity index (χ1v) is 12.2. The van der Waals surface area contributed by atoms with E-state index in [4.69, 9.17) is 14.5 Å². The van der Waals surface area contributed by atoms with Crippen LogP contribution in [0.3, 0.4) is 0 Å². The van der Waals surface area contributed by atoms with Gasteiger partial charge in [0, 0.05) is 11.6 Å². The Bertz CT molecular complexity index is 771. The van der Waals surface area contributed by atoms with E-state index in [9.17, 15) is 0 Å². The molecule has 0 N–H and O–H groups in total. The van der Waals surface area contributed by atoms with E-state index in [1.54, 1.807) is 0 Å². The summed E-state index contributed by atoms with van der Waals surface area (Å²) in [5.74, 6) is 1.78. The fraction of sp³-hybridized carbons (Fsp3) is 0.593. The van der Waals surface area contributed by atoms with Crippen LogP contribution in [0.15, 0.2) is 30.3 Å². The largest absolute Gasteiger partial charge is 0.494 e. The van der Waals surface area contributed by atoms with Gasteiger partial charge in [0.15, 0.2) is 0 Å². The van der Waals surface area contributed by atoms with Crippen molar-refractivity contribution in [2.45, 2.75) is 90.9 Å². The van der Waals surface area contributed by atoms with Gasteiger partial charge in [0.05, 0.1) is 18.9 Å². The quantitative estimate of drug-likeness (QED) is 0.302. The molecule has 3 heteroatoms. The monoisotopic (exact) mass is 409 g/mol. The molecule has 1 aromatic heterocycles. The van der Waals surface area contributed by atoms with Crippen LogP contribution in [0.1, 0.15) is 89.3 Å². The minimum absolute atomic E-state index is 0.771. The van der Waals surface area contributed by atoms with Gasteiger partial charge in [-0.15, -0.1) is 0 Å². The van der Waals surface area contributed by atoms with Crippen LogP contribution >= 0.6 is 0 Å². The molecule has 1 aromatic carbocycles. The van der Waals surface area contributed by atoms with Crippen molar-refractivity contribution in [3.8, 4) is 22.8 Å². The number of unbranched alkanes of at least 4 members (excludes halogenated alkanes) is 8. The van der Waals surface area contributed by atoms with Crippen molar-refractivity contribution in [3.05, 3.63) is 41.6 Å². The molecular formula is C27H39NO2. The number of fused-ring (bicyclic) bond motifs is 3. The van der Waals surface area contributed by atoms with Crippen LogP contribution in [-0.4, -0.2) is 18.2 Å². The van der Waals surface area contributed by atoms with E-state index in [1.165, 1.54) is 68.1 Å². The van der Waals surface area contributed by atoms with Crippen LogP contribution in [0, 0.1) is 0 Å². The van der Waals surface area contributed by atoms with E-state index in [0.717, 1.165) is 56.2 Å². The highest BCUT2D eigenvalue weighted by Gasteiger charge is 2.18. The summed E-state index contributed by atoms with van der Waals surface area (Å²) in [7, 11) is 0. The predicted octanol–water partition coefficient (Wildman–Crippen LogP) is 7.55. The summed E-state index contributed by atoms with van der Waals surface area (Å²) in [6.45, 7) is 6.08. The lowest BCUT2D eigenvalue weighted by Gasteiger charge is -2.20. The molecule has 0 saturated heterocycles. The molecule has 0 spiro atoms. The summed E-state index contributed by atoms with van der Waals surface area (Å²) in [5.41, 5.74) is 5.08. The van der Waals surface area contributed by atoms with E-state index in [0.29, 0.717) is 0 Å². The van der Waals surface area contributed by atoms with Gasteiger partial charge in [-0.05, 0) is 55.0 Å². The highest BCUT2D eigenvalue weighted by molar-refractivity contribution is 5.73. The zero-order chi connectivity index (χ0) is 21.0. The minimum atomic E-state index is 0.771. The first-order valence-electron chi connectivity index (χ1n) is 12.2. The molecule has 0 atom stereocenters. The van der Waals surface area contributed by atoms with Gasteiger partial charge < -0.3 is 9.47 Å². The number of aromatic nitrogens is 1. The molecule has 1 aliphatic carbocycles. The average molecular weight is 410 g/mol. The summed E-state index contributed by atoms with van der Waals surface area (Å²) in [5, 5.41) is 0. The maximum atomic E-state index is 5.98. The van der Waals surface area contributed by atoms with E-state index in [-0.39, 0.29) is 0 Å². The topological polar surface area (TPSA) is 31.4 Å². The summed E-state index contributed by atoms with van der Waals surface area (Å²) >= 11 is 0. The summed E-state index contributed by atoms with van der Waals surface area (Å²) in [4.78, 5) is 4.81. The smallest absolute Gasteiger partial charge is 0.213 e. The molecule has 3 nitrogen and oxygen atoms in total. The summed E-state index contributed by atoms with van der Waals surface area (Å²) in [6, 6.07) is 10.7. The van der Waals surface area contributed by atoms with Crippen LogP contribution in [0.5, 0.6) is 11.6 Å². The van der Waals surface area contributed by atoms with Gasteiger partial charge in [-0.3, -0.25) is 0 Å². The molecule has 2 aromatic rings. The van der Waals surface area contributed by atoms with Gasteiger partial charge in [-0.1, -0.05) is 71.3 Å². The van der Waals surface area contributed by atoms with Crippen molar-refractivity contribution in [2.24, 2.45) is 0 Å². The van der Waals surface area contributed by atoms with Gasteiger partial charge in [0.2, 0.25) is 5.88 Å². The van der Waals surface area contributed by atoms with Gasteiger partial charge in [-0.2, -0.15) is 0 Å². The lowest BCUT2D eigenvalue weighted by molar-refractivity contribution is 0.292. The fourth-order valence-electron chi connectivity index (χ4n) is 4.16. The molecule has 1 heterocycles. The Kier molecular flexibility index (Phi) is 9.53. The third-order valence-corrected chi connectivity index (χ3v) is 5.96. The minimum Gasteiger partial charge on any atom is -0.494 e. The number of aryl methyl sites for hydroxylation is 2. The third kappa shape index (κ3) is 6.75. The Hall–Kier alpha value is -2.03. The molecule has 0 unspecified atom stereocenters. The molecule has 3 rings (SSSR count). The first-order chi connectivity index (χ1) is 14.8. The Morgan fingerprint density at radius 3 is 2.17 bits per heavy atom. The third-order valence-electron chi connectivity index (χ3n) is 5.96. The molecule has 1 aliphatic rings. The van der Waals surface area contributed by atoms with Gasteiger partial charge >= 0.3 is 0 Å². The predicted molar refractivity (Wildman–Crippen MR) is 126 cm³/mol. The molecule has 0 bridgehead atoms. The van der Waals surface area contributed by atoms with Crippen LogP contribution in [0.2, 0.25) is 0 Å². The van der Waals surface area contributed by atoms with Crippen LogP contribution in [0.25, 0.3) is 11.1 Å². The second-order valence-corrected chi connectivity index (χ2v) is 8.49. The molecule has 164 valence electrons. The average Bonchev–Trinajstić information content (AvgIpc) is 2.78. The Morgan fingerprint density at radius 2 is 1.37 bits per heavy atom. The normalized spacial score (nSPS) is 12.3. The Morgan fingerprint density at radius 1 is 0.700 bits per heavy atom. The summed E-state index contributed by atoms with van der Waals surface area (Å²) in [6.07, 6.45) is 14.6. The molecular weight excluding hydrogens is 370 g/mol. The number of hydrogen-bond acceptors (Lipinski definition) is 3. The van der Waals surface area contributed by atoms with Crippen molar-refractivity contribution in [2.75, 3.05) is 13.2 Å². The van der Waals surface area contributed by atoms with Crippen LogP contribution in [-0.2, 0) is 12.8 Å². The molecule has 0 aliphatic heterocycles. The molecule has 0 saturated carbocycles. The van der Waals surface area contributed by atoms with E-state index >= 15 is 0 Å². The second-order valence-electron chi connectivity index (χ2n) is 8.49. The maximum Gasteiger partial charge on any atom is 0.213 e. The molecule has 30 heavy (non-hydrogen) atoms. The lowest BCUT2D eigenvalue weighted by Crippen LogP contribution is -2.08. The Labute approximate surface area is 183 Å². The zero-order valence-corrected chi connectivity index (χ0v) is 19.0. The fourth-order valence-corrected chi connectivity index (χ4v) is 4.16. The first kappa shape index (κ1) is 22.7. The summed E-state index contributed by atoms with van der Waals surface area (Å²) < 4.78 is 11.9. The number of ether oxygens (including phenoxy) is 2. The highest BCUT2D eigenvalue weighted by Crippen LogP contribution is 2.35. The standard InChI is InChI=1S/C27H39NO2/c1-3-5-7-9-10-12-20-30-27-18-16-25-24-15-14-23(29-19-11-8-6-4-2)21-22(24)13-17-26(25)28-27/h14-16,18,21H,3-13,17,19-20H2,1-2H3. The van der Waals surface area contributed by atoms with Crippen molar-refractivity contribution in [3.63, 3.8) is 0 Å². The van der Waals surface area contributed by atoms with Crippen molar-refractivity contribution < 1.29 is 9.47 Å². The van der Waals surface area contributed by atoms with E-state index in [1.807, 2.05) is 6.07 Å². The second kappa shape index (κ2) is 12.6.